The van der Waals surface area contributed by atoms with Crippen molar-refractivity contribution in [3.63, 3.8) is 0 Å². The van der Waals surface area contributed by atoms with Crippen molar-refractivity contribution in [1.29, 1.82) is 0 Å². The lowest BCUT2D eigenvalue weighted by Crippen LogP contribution is -2.39. The quantitative estimate of drug-likeness (QED) is 0.910. The second-order valence-corrected chi connectivity index (χ2v) is 5.75. The van der Waals surface area contributed by atoms with E-state index in [9.17, 15) is 9.90 Å². The summed E-state index contributed by atoms with van der Waals surface area (Å²) in [6, 6.07) is 4.27. The van der Waals surface area contributed by atoms with Crippen LogP contribution in [0.3, 0.4) is 0 Å². The van der Waals surface area contributed by atoms with Crippen LogP contribution in [0.1, 0.15) is 35.1 Å². The number of aliphatic carboxylic acids is 1. The van der Waals surface area contributed by atoms with Crippen molar-refractivity contribution in [2.24, 2.45) is 5.41 Å². The highest BCUT2D eigenvalue weighted by molar-refractivity contribution is 5.75. The lowest BCUT2D eigenvalue weighted by Gasteiger charge is -2.34. The maximum atomic E-state index is 11.7. The molecule has 0 aliphatic carbocycles. The Morgan fingerprint density at radius 3 is 2.21 bits per heavy atom. The summed E-state index contributed by atoms with van der Waals surface area (Å²) in [4.78, 5) is 11.7. The molecule has 1 fully saturated rings. The standard InChI is InChI=1S/C16H22O3/c1-11-8-12(2)14(13(3)9-11)10-16(15(17)18)4-6-19-7-5-16/h8-9H,4-7,10H2,1-3H3,(H,17,18). The summed E-state index contributed by atoms with van der Waals surface area (Å²) in [5, 5.41) is 9.63. The van der Waals surface area contributed by atoms with Crippen molar-refractivity contribution in [2.75, 3.05) is 13.2 Å². The van der Waals surface area contributed by atoms with Gasteiger partial charge in [0.2, 0.25) is 0 Å². The lowest BCUT2D eigenvalue weighted by molar-refractivity contribution is -0.154. The minimum atomic E-state index is -0.685. The molecule has 19 heavy (non-hydrogen) atoms. The van der Waals surface area contributed by atoms with E-state index in [1.807, 2.05) is 0 Å². The van der Waals surface area contributed by atoms with Crippen LogP contribution in [0, 0.1) is 26.2 Å². The Bertz CT molecular complexity index is 462. The zero-order valence-electron chi connectivity index (χ0n) is 12.0. The Kier molecular flexibility index (Phi) is 3.95. The van der Waals surface area contributed by atoms with E-state index in [1.54, 1.807) is 0 Å². The minimum Gasteiger partial charge on any atom is -0.481 e. The first-order valence-electron chi connectivity index (χ1n) is 6.82. The van der Waals surface area contributed by atoms with Crippen LogP contribution in [0.15, 0.2) is 12.1 Å². The third kappa shape index (κ3) is 2.81. The second kappa shape index (κ2) is 5.33. The topological polar surface area (TPSA) is 46.5 Å². The van der Waals surface area contributed by atoms with Gasteiger partial charge in [-0.25, -0.2) is 0 Å². The number of hydrogen-bond donors (Lipinski definition) is 1. The van der Waals surface area contributed by atoms with Crippen LogP contribution in [0.5, 0.6) is 0 Å². The summed E-state index contributed by atoms with van der Waals surface area (Å²) in [6.07, 6.45) is 1.83. The van der Waals surface area contributed by atoms with Crippen LogP contribution in [-0.2, 0) is 16.0 Å². The molecule has 1 N–H and O–H groups in total. The number of ether oxygens (including phenoxy) is 1. The molecule has 3 nitrogen and oxygen atoms in total. The van der Waals surface area contributed by atoms with Gasteiger partial charge in [0.05, 0.1) is 5.41 Å². The van der Waals surface area contributed by atoms with E-state index in [0.717, 1.165) is 0 Å². The highest BCUT2D eigenvalue weighted by atomic mass is 16.5. The Balaban J connectivity index is 2.35. The predicted molar refractivity (Wildman–Crippen MR) is 74.5 cm³/mol. The number of rotatable bonds is 3. The first kappa shape index (κ1) is 14.1. The fraction of sp³-hybridized carbons (Fsp3) is 0.562. The van der Waals surface area contributed by atoms with Crippen molar-refractivity contribution in [1.82, 2.24) is 0 Å². The fourth-order valence-corrected chi connectivity index (χ4v) is 3.06. The van der Waals surface area contributed by atoms with Crippen LogP contribution in [-0.4, -0.2) is 24.3 Å². The van der Waals surface area contributed by atoms with E-state index >= 15 is 0 Å². The highest BCUT2D eigenvalue weighted by Gasteiger charge is 2.40. The van der Waals surface area contributed by atoms with Gasteiger partial charge < -0.3 is 9.84 Å². The Morgan fingerprint density at radius 2 is 1.74 bits per heavy atom. The van der Waals surface area contributed by atoms with Gasteiger partial charge in [-0.05, 0) is 56.7 Å². The molecule has 1 aliphatic rings. The minimum absolute atomic E-state index is 0.552. The van der Waals surface area contributed by atoms with E-state index in [0.29, 0.717) is 32.5 Å². The molecule has 1 aromatic carbocycles. The molecule has 0 bridgehead atoms. The van der Waals surface area contributed by atoms with Crippen molar-refractivity contribution in [2.45, 2.75) is 40.0 Å². The molecule has 1 saturated heterocycles. The average molecular weight is 262 g/mol. The van der Waals surface area contributed by atoms with Gasteiger partial charge in [-0.3, -0.25) is 4.79 Å². The largest absolute Gasteiger partial charge is 0.481 e. The maximum absolute atomic E-state index is 11.7. The van der Waals surface area contributed by atoms with E-state index in [2.05, 4.69) is 32.9 Å². The van der Waals surface area contributed by atoms with Crippen molar-refractivity contribution in [3.05, 3.63) is 34.4 Å². The monoisotopic (exact) mass is 262 g/mol. The van der Waals surface area contributed by atoms with Gasteiger partial charge in [0, 0.05) is 13.2 Å². The summed E-state index contributed by atoms with van der Waals surface area (Å²) < 4.78 is 5.33. The molecule has 3 heteroatoms. The Labute approximate surface area is 114 Å². The number of hydrogen-bond acceptors (Lipinski definition) is 2. The number of carbonyl (C=O) groups is 1. The molecule has 1 aliphatic heterocycles. The number of aryl methyl sites for hydroxylation is 3. The predicted octanol–water partition coefficient (Wildman–Crippen LogP) is 3.04. The van der Waals surface area contributed by atoms with Crippen LogP contribution in [0.25, 0.3) is 0 Å². The summed E-state index contributed by atoms with van der Waals surface area (Å²) in [7, 11) is 0. The zero-order valence-corrected chi connectivity index (χ0v) is 12.0. The second-order valence-electron chi connectivity index (χ2n) is 5.75. The molecule has 0 amide bonds. The molecule has 0 saturated carbocycles. The van der Waals surface area contributed by atoms with Gasteiger partial charge >= 0.3 is 5.97 Å². The van der Waals surface area contributed by atoms with Gasteiger partial charge in [0.1, 0.15) is 0 Å². The molecular formula is C16H22O3. The SMILES string of the molecule is Cc1cc(C)c(CC2(C(=O)O)CCOCC2)c(C)c1. The third-order valence-corrected chi connectivity index (χ3v) is 4.26. The van der Waals surface area contributed by atoms with Gasteiger partial charge in [-0.2, -0.15) is 0 Å². The maximum Gasteiger partial charge on any atom is 0.310 e. The molecule has 1 aromatic rings. The number of benzene rings is 1. The van der Waals surface area contributed by atoms with E-state index in [4.69, 9.17) is 4.74 Å². The Morgan fingerprint density at radius 1 is 1.21 bits per heavy atom. The molecule has 2 rings (SSSR count). The molecule has 0 unspecified atom stereocenters. The van der Waals surface area contributed by atoms with Crippen molar-refractivity contribution in [3.8, 4) is 0 Å². The van der Waals surface area contributed by atoms with Crippen LogP contribution in [0.4, 0.5) is 0 Å². The molecule has 0 spiro atoms. The first-order chi connectivity index (χ1) is 8.94. The Hall–Kier alpha value is -1.35. The van der Waals surface area contributed by atoms with E-state index in [-0.39, 0.29) is 0 Å². The molecule has 0 radical (unpaired) electrons. The third-order valence-electron chi connectivity index (χ3n) is 4.26. The average Bonchev–Trinajstić information content (AvgIpc) is 2.35. The van der Waals surface area contributed by atoms with Crippen LogP contribution >= 0.6 is 0 Å². The smallest absolute Gasteiger partial charge is 0.310 e. The van der Waals surface area contributed by atoms with Crippen molar-refractivity contribution < 1.29 is 14.6 Å². The molecule has 104 valence electrons. The molecule has 0 atom stereocenters. The normalized spacial score (nSPS) is 18.3. The first-order valence-corrected chi connectivity index (χ1v) is 6.82. The van der Waals surface area contributed by atoms with Crippen LogP contribution in [0.2, 0.25) is 0 Å². The summed E-state index contributed by atoms with van der Waals surface area (Å²) in [5.41, 5.74) is 4.17. The summed E-state index contributed by atoms with van der Waals surface area (Å²) in [6.45, 7) is 7.33. The molecule has 0 aromatic heterocycles. The van der Waals surface area contributed by atoms with Gasteiger partial charge in [-0.15, -0.1) is 0 Å². The molecule has 1 heterocycles. The molecular weight excluding hydrogens is 240 g/mol. The van der Waals surface area contributed by atoms with Crippen LogP contribution < -0.4 is 0 Å². The van der Waals surface area contributed by atoms with E-state index in [1.165, 1.54) is 22.3 Å². The number of carboxylic acids is 1. The van der Waals surface area contributed by atoms with Gasteiger partial charge in [-0.1, -0.05) is 17.7 Å². The lowest BCUT2D eigenvalue weighted by atomic mass is 9.73. The van der Waals surface area contributed by atoms with Gasteiger partial charge in [0.25, 0.3) is 0 Å². The summed E-state index contributed by atoms with van der Waals surface area (Å²) in [5.74, 6) is -0.685. The van der Waals surface area contributed by atoms with E-state index < -0.39 is 11.4 Å². The van der Waals surface area contributed by atoms with Gasteiger partial charge in [0.15, 0.2) is 0 Å². The highest BCUT2D eigenvalue weighted by Crippen LogP contribution is 2.36. The summed E-state index contributed by atoms with van der Waals surface area (Å²) >= 11 is 0. The number of carboxylic acid groups (broad SMARTS) is 1. The zero-order chi connectivity index (χ0) is 14.0. The van der Waals surface area contributed by atoms with Crippen molar-refractivity contribution >= 4 is 5.97 Å². The fourth-order valence-electron chi connectivity index (χ4n) is 3.06.